The maximum atomic E-state index is 12.1. The normalized spacial score (nSPS) is 12.2. The second-order valence-electron chi connectivity index (χ2n) is 4.37. The molecule has 1 atom stereocenters. The lowest BCUT2D eigenvalue weighted by molar-refractivity contribution is -0.140. The lowest BCUT2D eigenvalue weighted by Gasteiger charge is -2.20. The molecule has 0 fully saturated rings. The first-order chi connectivity index (χ1) is 9.43. The summed E-state index contributed by atoms with van der Waals surface area (Å²) in [6.45, 7) is 4.87. The number of carboxylic acids is 1. The molecule has 0 aliphatic rings. The molecule has 1 aromatic heterocycles. The van der Waals surface area contributed by atoms with Gasteiger partial charge in [0.05, 0.1) is 22.0 Å². The Morgan fingerprint density at radius 3 is 2.70 bits per heavy atom. The van der Waals surface area contributed by atoms with Crippen molar-refractivity contribution in [2.45, 2.75) is 20.4 Å². The molecule has 4 nitrogen and oxygen atoms in total. The van der Waals surface area contributed by atoms with E-state index in [4.69, 9.17) is 5.11 Å². The second kappa shape index (κ2) is 8.69. The van der Waals surface area contributed by atoms with Crippen LogP contribution in [-0.4, -0.2) is 39.9 Å². The van der Waals surface area contributed by atoms with Crippen LogP contribution in [0.25, 0.3) is 0 Å². The van der Waals surface area contributed by atoms with Crippen molar-refractivity contribution in [1.29, 1.82) is 0 Å². The minimum absolute atomic E-state index is 0.0552. The summed E-state index contributed by atoms with van der Waals surface area (Å²) in [6.07, 6.45) is 0. The van der Waals surface area contributed by atoms with E-state index in [-0.39, 0.29) is 5.91 Å². The highest BCUT2D eigenvalue weighted by Gasteiger charge is 2.15. The smallest absolute Gasteiger partial charge is 0.307 e. The number of aliphatic carboxylic acids is 1. The van der Waals surface area contributed by atoms with Crippen LogP contribution in [0.5, 0.6) is 0 Å². The molecule has 0 saturated carbocycles. The third-order valence-corrected chi connectivity index (χ3v) is 5.52. The Morgan fingerprint density at radius 1 is 1.50 bits per heavy atom. The van der Waals surface area contributed by atoms with Gasteiger partial charge < -0.3 is 10.0 Å². The molecule has 1 rings (SSSR count). The maximum absolute atomic E-state index is 12.1. The van der Waals surface area contributed by atoms with E-state index in [0.29, 0.717) is 24.6 Å². The van der Waals surface area contributed by atoms with Crippen LogP contribution in [0.4, 0.5) is 0 Å². The summed E-state index contributed by atoms with van der Waals surface area (Å²) in [7, 11) is 0. The van der Waals surface area contributed by atoms with E-state index in [1.165, 1.54) is 11.8 Å². The lowest BCUT2D eigenvalue weighted by atomic mass is 10.2. The SMILES string of the molecule is CCN(Cc1ccc(Br)s1)C(=O)CSCC(C)C(=O)O. The molecular formula is C13H18BrNO3S2. The first-order valence-electron chi connectivity index (χ1n) is 6.26. The van der Waals surface area contributed by atoms with E-state index in [1.54, 1.807) is 23.2 Å². The number of hydrogen-bond donors (Lipinski definition) is 1. The molecule has 0 aliphatic heterocycles. The van der Waals surface area contributed by atoms with Crippen molar-refractivity contribution in [2.24, 2.45) is 5.92 Å². The van der Waals surface area contributed by atoms with Gasteiger partial charge in [0, 0.05) is 17.2 Å². The first kappa shape index (κ1) is 17.5. The van der Waals surface area contributed by atoms with Crippen molar-refractivity contribution in [2.75, 3.05) is 18.1 Å². The number of amides is 1. The molecule has 0 spiro atoms. The maximum Gasteiger partial charge on any atom is 0.307 e. The highest BCUT2D eigenvalue weighted by molar-refractivity contribution is 9.11. The molecular weight excluding hydrogens is 362 g/mol. The number of halogens is 1. The standard InChI is InChI=1S/C13H18BrNO3S2/c1-3-15(6-10-4-5-11(14)20-10)12(16)8-19-7-9(2)13(17)18/h4-5,9H,3,6-8H2,1-2H3,(H,17,18). The van der Waals surface area contributed by atoms with E-state index in [2.05, 4.69) is 15.9 Å². The number of carbonyl (C=O) groups excluding carboxylic acids is 1. The summed E-state index contributed by atoms with van der Waals surface area (Å²) in [5, 5.41) is 8.79. The Balaban J connectivity index is 2.41. The van der Waals surface area contributed by atoms with Gasteiger partial charge in [0.25, 0.3) is 0 Å². The minimum atomic E-state index is -0.819. The van der Waals surface area contributed by atoms with Crippen molar-refractivity contribution < 1.29 is 14.7 Å². The summed E-state index contributed by atoms with van der Waals surface area (Å²) in [6, 6.07) is 3.98. The number of thioether (sulfide) groups is 1. The van der Waals surface area contributed by atoms with Gasteiger partial charge in [0.15, 0.2) is 0 Å². The quantitative estimate of drug-likeness (QED) is 0.752. The van der Waals surface area contributed by atoms with Crippen LogP contribution in [0, 0.1) is 5.92 Å². The van der Waals surface area contributed by atoms with E-state index in [0.717, 1.165) is 8.66 Å². The zero-order valence-electron chi connectivity index (χ0n) is 11.5. The van der Waals surface area contributed by atoms with Gasteiger partial charge >= 0.3 is 5.97 Å². The molecule has 1 amide bonds. The largest absolute Gasteiger partial charge is 0.481 e. The van der Waals surface area contributed by atoms with Crippen LogP contribution in [0.1, 0.15) is 18.7 Å². The van der Waals surface area contributed by atoms with Gasteiger partial charge in [0.1, 0.15) is 0 Å². The fourth-order valence-corrected chi connectivity index (χ4v) is 3.96. The van der Waals surface area contributed by atoms with Gasteiger partial charge in [-0.25, -0.2) is 0 Å². The average Bonchev–Trinajstić information content (AvgIpc) is 2.81. The summed E-state index contributed by atoms with van der Waals surface area (Å²) < 4.78 is 1.06. The van der Waals surface area contributed by atoms with Gasteiger partial charge in [-0.1, -0.05) is 6.92 Å². The zero-order chi connectivity index (χ0) is 15.1. The van der Waals surface area contributed by atoms with Crippen LogP contribution < -0.4 is 0 Å². The molecule has 0 saturated heterocycles. The monoisotopic (exact) mass is 379 g/mol. The fourth-order valence-electron chi connectivity index (χ4n) is 1.49. The van der Waals surface area contributed by atoms with Crippen LogP contribution >= 0.6 is 39.0 Å². The van der Waals surface area contributed by atoms with Crippen LogP contribution in [0.2, 0.25) is 0 Å². The Morgan fingerprint density at radius 2 is 2.20 bits per heavy atom. The van der Waals surface area contributed by atoms with E-state index in [1.807, 2.05) is 19.1 Å². The van der Waals surface area contributed by atoms with Gasteiger partial charge in [-0.15, -0.1) is 11.3 Å². The number of nitrogens with zero attached hydrogens (tertiary/aromatic N) is 1. The van der Waals surface area contributed by atoms with Gasteiger partial charge in [-0.2, -0.15) is 11.8 Å². The van der Waals surface area contributed by atoms with Crippen LogP contribution in [0.3, 0.4) is 0 Å². The topological polar surface area (TPSA) is 57.6 Å². The number of hydrogen-bond acceptors (Lipinski definition) is 4. The summed E-state index contributed by atoms with van der Waals surface area (Å²) in [4.78, 5) is 25.7. The third-order valence-electron chi connectivity index (χ3n) is 2.72. The predicted molar refractivity (Wildman–Crippen MR) is 87.2 cm³/mol. The number of thiophene rings is 1. The Labute approximate surface area is 135 Å². The van der Waals surface area contributed by atoms with Crippen molar-refractivity contribution in [3.63, 3.8) is 0 Å². The number of carboxylic acid groups (broad SMARTS) is 1. The lowest BCUT2D eigenvalue weighted by Crippen LogP contribution is -2.31. The molecule has 1 heterocycles. The molecule has 0 radical (unpaired) electrons. The van der Waals surface area contributed by atoms with Crippen molar-refractivity contribution >= 4 is 50.9 Å². The summed E-state index contributed by atoms with van der Waals surface area (Å²) in [5.74, 6) is -0.391. The summed E-state index contributed by atoms with van der Waals surface area (Å²) in [5.41, 5.74) is 0. The van der Waals surface area contributed by atoms with Crippen LogP contribution in [0.15, 0.2) is 15.9 Å². The van der Waals surface area contributed by atoms with Crippen LogP contribution in [-0.2, 0) is 16.1 Å². The first-order valence-corrected chi connectivity index (χ1v) is 9.03. The highest BCUT2D eigenvalue weighted by Crippen LogP contribution is 2.23. The van der Waals surface area contributed by atoms with E-state index >= 15 is 0 Å². The average molecular weight is 380 g/mol. The minimum Gasteiger partial charge on any atom is -0.481 e. The molecule has 1 N–H and O–H groups in total. The van der Waals surface area contributed by atoms with Gasteiger partial charge in [0.2, 0.25) is 5.91 Å². The van der Waals surface area contributed by atoms with E-state index < -0.39 is 11.9 Å². The molecule has 1 aromatic rings. The molecule has 112 valence electrons. The van der Waals surface area contributed by atoms with E-state index in [9.17, 15) is 9.59 Å². The third kappa shape index (κ3) is 5.85. The van der Waals surface area contributed by atoms with Gasteiger partial charge in [-0.05, 0) is 35.0 Å². The fraction of sp³-hybridized carbons (Fsp3) is 0.538. The predicted octanol–water partition coefficient (Wildman–Crippen LogP) is 3.31. The molecule has 0 bridgehead atoms. The Bertz CT molecular complexity index is 464. The Hall–Kier alpha value is -0.530. The summed E-state index contributed by atoms with van der Waals surface area (Å²) >= 11 is 6.41. The molecule has 7 heteroatoms. The van der Waals surface area contributed by atoms with Gasteiger partial charge in [-0.3, -0.25) is 9.59 Å². The second-order valence-corrected chi connectivity index (χ2v) is 7.95. The zero-order valence-corrected chi connectivity index (χ0v) is 14.7. The number of carbonyl (C=O) groups is 2. The highest BCUT2D eigenvalue weighted by atomic mass is 79.9. The number of rotatable bonds is 8. The Kier molecular flexibility index (Phi) is 7.61. The molecule has 0 aliphatic carbocycles. The van der Waals surface area contributed by atoms with Crippen molar-refractivity contribution in [3.8, 4) is 0 Å². The molecule has 1 unspecified atom stereocenters. The van der Waals surface area contributed by atoms with Crippen molar-refractivity contribution in [1.82, 2.24) is 4.90 Å². The molecule has 0 aromatic carbocycles. The van der Waals surface area contributed by atoms with Crippen molar-refractivity contribution in [3.05, 3.63) is 20.8 Å². The molecule has 20 heavy (non-hydrogen) atoms.